The Hall–Kier alpha value is -4.16. The lowest BCUT2D eigenvalue weighted by Crippen LogP contribution is -2.60. The number of carbonyl (C=O) groups excluding carboxylic acids is 1. The van der Waals surface area contributed by atoms with Crippen molar-refractivity contribution in [2.45, 2.75) is 44.6 Å². The Labute approximate surface area is 246 Å². The third kappa shape index (κ3) is 5.18. The quantitative estimate of drug-likeness (QED) is 0.357. The first-order valence-corrected chi connectivity index (χ1v) is 14.1. The molecule has 12 heteroatoms. The zero-order valence-electron chi connectivity index (χ0n) is 24.0. The van der Waals surface area contributed by atoms with Crippen LogP contribution in [0, 0.1) is 6.92 Å². The minimum Gasteiger partial charge on any atom is -0.497 e. The van der Waals surface area contributed by atoms with Crippen LogP contribution in [-0.4, -0.2) is 87.0 Å². The largest absolute Gasteiger partial charge is 0.497 e. The fourth-order valence-electron chi connectivity index (χ4n) is 6.22. The van der Waals surface area contributed by atoms with Gasteiger partial charge in [-0.05, 0) is 49.7 Å². The molecule has 0 radical (unpaired) electrons. The lowest BCUT2D eigenvalue weighted by molar-refractivity contribution is -0.143. The monoisotopic (exact) mass is 595 g/mol. The predicted molar refractivity (Wildman–Crippen MR) is 152 cm³/mol. The van der Waals surface area contributed by atoms with Crippen LogP contribution in [0.1, 0.15) is 34.1 Å². The number of carbonyl (C=O) groups is 1. The molecule has 6 rings (SSSR count). The van der Waals surface area contributed by atoms with Gasteiger partial charge in [-0.15, -0.1) is 0 Å². The van der Waals surface area contributed by atoms with Crippen LogP contribution in [0.15, 0.2) is 54.7 Å². The number of benzene rings is 2. The fraction of sp³-hybridized carbons (Fsp3) is 0.387. The van der Waals surface area contributed by atoms with Gasteiger partial charge in [0.25, 0.3) is 5.91 Å². The number of nitrogens with zero attached hydrogens (tertiary/aromatic N) is 5. The smallest absolute Gasteiger partial charge is 0.433 e. The molecule has 9 nitrogen and oxygen atoms in total. The highest BCUT2D eigenvalue weighted by molar-refractivity contribution is 6.00. The Kier molecular flexibility index (Phi) is 7.51. The van der Waals surface area contributed by atoms with Crippen LogP contribution in [0.5, 0.6) is 11.5 Å². The van der Waals surface area contributed by atoms with Gasteiger partial charge in [0.2, 0.25) is 0 Å². The Balaban J connectivity index is 1.28. The van der Waals surface area contributed by atoms with Crippen LogP contribution < -0.4 is 9.47 Å². The molecule has 3 atom stereocenters. The number of aliphatic hydroxyl groups is 1. The highest BCUT2D eigenvalue weighted by Crippen LogP contribution is 2.37. The van der Waals surface area contributed by atoms with Crippen molar-refractivity contribution >= 4 is 11.6 Å². The van der Waals surface area contributed by atoms with Crippen LogP contribution in [-0.2, 0) is 12.6 Å². The van der Waals surface area contributed by atoms with Crippen LogP contribution in [0.4, 0.5) is 13.2 Å². The molecule has 1 saturated heterocycles. The van der Waals surface area contributed by atoms with E-state index in [4.69, 9.17) is 9.47 Å². The minimum absolute atomic E-state index is 0.00570. The molecular weight excluding hydrogens is 563 g/mol. The van der Waals surface area contributed by atoms with Crippen LogP contribution in [0.2, 0.25) is 0 Å². The highest BCUT2D eigenvalue weighted by atomic mass is 19.4. The van der Waals surface area contributed by atoms with E-state index in [2.05, 4.69) is 15.0 Å². The number of hydrogen-bond acceptors (Lipinski definition) is 7. The SMILES string of the molecule is COc1ccc(-c2nc3c(C(=O)N4CCN(C(CO)C5Cc6ccccc6O5)C[C@H]4C)cnn3c(C(F)(F)F)c2C)cc1. The lowest BCUT2D eigenvalue weighted by Gasteiger charge is -2.44. The number of alkyl halides is 3. The van der Waals surface area contributed by atoms with Crippen LogP contribution in [0.3, 0.4) is 0 Å². The molecule has 0 aliphatic carbocycles. The normalized spacial score (nSPS) is 19.7. The van der Waals surface area contributed by atoms with Gasteiger partial charge in [-0.1, -0.05) is 18.2 Å². The molecule has 0 saturated carbocycles. The molecule has 0 bridgehead atoms. The first-order chi connectivity index (χ1) is 20.6. The summed E-state index contributed by atoms with van der Waals surface area (Å²) in [5, 5.41) is 14.3. The standard InChI is InChI=1S/C31H32F3N5O4/c1-18-16-37(24(17-40)26-14-21-6-4-5-7-25(21)43-26)12-13-38(18)30(41)23-15-35-39-28(31(32,33)34)19(2)27(36-29(23)39)20-8-10-22(42-3)11-9-20/h4-11,15,18,24,26,40H,12-14,16-17H2,1-3H3/t18-,24?,26?/m1/s1. The summed E-state index contributed by atoms with van der Waals surface area (Å²) in [6.45, 7) is 4.37. The van der Waals surface area contributed by atoms with Gasteiger partial charge < -0.3 is 19.5 Å². The van der Waals surface area contributed by atoms with E-state index in [1.165, 1.54) is 14.0 Å². The van der Waals surface area contributed by atoms with E-state index in [0.29, 0.717) is 41.9 Å². The van der Waals surface area contributed by atoms with Crippen molar-refractivity contribution in [1.29, 1.82) is 0 Å². The number of fused-ring (bicyclic) bond motifs is 2. The maximum atomic E-state index is 14.3. The number of para-hydroxylation sites is 1. The van der Waals surface area contributed by atoms with Gasteiger partial charge >= 0.3 is 6.18 Å². The van der Waals surface area contributed by atoms with Gasteiger partial charge in [-0.2, -0.15) is 18.3 Å². The third-order valence-electron chi connectivity index (χ3n) is 8.42. The van der Waals surface area contributed by atoms with Gasteiger partial charge in [-0.3, -0.25) is 9.69 Å². The topological polar surface area (TPSA) is 92.4 Å². The average molecular weight is 596 g/mol. The Morgan fingerprint density at radius 2 is 1.91 bits per heavy atom. The number of piperazine rings is 1. The van der Waals surface area contributed by atoms with Gasteiger partial charge in [0, 0.05) is 43.2 Å². The van der Waals surface area contributed by atoms with Crippen LogP contribution in [0.25, 0.3) is 16.9 Å². The molecular formula is C31H32F3N5O4. The van der Waals surface area contributed by atoms with E-state index in [1.54, 1.807) is 29.2 Å². The molecule has 1 fully saturated rings. The highest BCUT2D eigenvalue weighted by Gasteiger charge is 2.41. The molecule has 4 aromatic rings. The predicted octanol–water partition coefficient (Wildman–Crippen LogP) is 4.24. The summed E-state index contributed by atoms with van der Waals surface area (Å²) in [5.41, 5.74) is 0.417. The first kappa shape index (κ1) is 28.9. The summed E-state index contributed by atoms with van der Waals surface area (Å²) in [4.78, 5) is 22.2. The second-order valence-electron chi connectivity index (χ2n) is 11.0. The summed E-state index contributed by atoms with van der Waals surface area (Å²) in [7, 11) is 1.50. The van der Waals surface area contributed by atoms with Gasteiger partial charge in [0.15, 0.2) is 11.3 Å². The van der Waals surface area contributed by atoms with E-state index in [0.717, 1.165) is 17.5 Å². The number of rotatable bonds is 6. The maximum absolute atomic E-state index is 14.3. The third-order valence-corrected chi connectivity index (χ3v) is 8.42. The summed E-state index contributed by atoms with van der Waals surface area (Å²) in [5.74, 6) is 0.924. The molecule has 2 aromatic carbocycles. The number of aliphatic hydroxyl groups excluding tert-OH is 1. The van der Waals surface area contributed by atoms with Crippen molar-refractivity contribution in [2.24, 2.45) is 0 Å². The fourth-order valence-corrected chi connectivity index (χ4v) is 6.22. The zero-order chi connectivity index (χ0) is 30.5. The second kappa shape index (κ2) is 11.2. The summed E-state index contributed by atoms with van der Waals surface area (Å²) < 4.78 is 55.1. The summed E-state index contributed by atoms with van der Waals surface area (Å²) in [6, 6.07) is 13.8. The molecule has 2 aliphatic rings. The van der Waals surface area contributed by atoms with E-state index in [1.807, 2.05) is 31.2 Å². The minimum atomic E-state index is -4.74. The molecule has 1 amide bonds. The average Bonchev–Trinajstić information content (AvgIpc) is 3.60. The lowest BCUT2D eigenvalue weighted by atomic mass is 10.0. The molecule has 0 spiro atoms. The van der Waals surface area contributed by atoms with E-state index >= 15 is 0 Å². The Morgan fingerprint density at radius 3 is 2.56 bits per heavy atom. The number of methoxy groups -OCH3 is 1. The number of ether oxygens (including phenoxy) is 2. The van der Waals surface area contributed by atoms with Gasteiger partial charge in [0.1, 0.15) is 23.2 Å². The number of aromatic nitrogens is 3. The molecule has 2 unspecified atom stereocenters. The van der Waals surface area contributed by atoms with Crippen molar-refractivity contribution in [3.8, 4) is 22.8 Å². The molecule has 43 heavy (non-hydrogen) atoms. The van der Waals surface area contributed by atoms with E-state index < -0.39 is 17.8 Å². The number of hydrogen-bond donors (Lipinski definition) is 1. The maximum Gasteiger partial charge on any atom is 0.433 e. The van der Waals surface area contributed by atoms with E-state index in [-0.39, 0.29) is 47.3 Å². The first-order valence-electron chi connectivity index (χ1n) is 14.1. The summed E-state index contributed by atoms with van der Waals surface area (Å²) >= 11 is 0. The van der Waals surface area contributed by atoms with Gasteiger partial charge in [0.05, 0.1) is 31.6 Å². The Morgan fingerprint density at radius 1 is 1.16 bits per heavy atom. The second-order valence-corrected chi connectivity index (χ2v) is 11.0. The van der Waals surface area contributed by atoms with Crippen LogP contribution >= 0.6 is 0 Å². The molecule has 226 valence electrons. The molecule has 1 N–H and O–H groups in total. The van der Waals surface area contributed by atoms with Crippen molar-refractivity contribution in [1.82, 2.24) is 24.4 Å². The summed E-state index contributed by atoms with van der Waals surface area (Å²) in [6.07, 6.45) is -3.11. The molecule has 4 heterocycles. The van der Waals surface area contributed by atoms with E-state index in [9.17, 15) is 23.1 Å². The van der Waals surface area contributed by atoms with Crippen molar-refractivity contribution in [3.63, 3.8) is 0 Å². The zero-order valence-corrected chi connectivity index (χ0v) is 24.0. The van der Waals surface area contributed by atoms with Crippen molar-refractivity contribution in [3.05, 3.63) is 77.1 Å². The number of amides is 1. The number of halogens is 3. The molecule has 2 aromatic heterocycles. The van der Waals surface area contributed by atoms with Crippen molar-refractivity contribution < 1.29 is 32.5 Å². The van der Waals surface area contributed by atoms with Crippen molar-refractivity contribution in [2.75, 3.05) is 33.4 Å². The van der Waals surface area contributed by atoms with Gasteiger partial charge in [-0.25, -0.2) is 9.50 Å². The Bertz CT molecular complexity index is 1630. The molecule has 2 aliphatic heterocycles.